The molecule has 0 atom stereocenters. The zero-order valence-electron chi connectivity index (χ0n) is 11.1. The lowest BCUT2D eigenvalue weighted by Gasteiger charge is -2.08. The molecule has 0 aliphatic rings. The number of nitrogens with zero attached hydrogens (tertiary/aromatic N) is 1. The number of nitrogens with one attached hydrogen (secondary N) is 1. The van der Waals surface area contributed by atoms with Crippen LogP contribution in [-0.2, 0) is 4.79 Å². The molecule has 1 N–H and O–H groups in total. The fraction of sp³-hybridized carbons (Fsp3) is 0.125. The van der Waals surface area contributed by atoms with E-state index in [4.69, 9.17) is 0 Å². The van der Waals surface area contributed by atoms with E-state index in [0.717, 1.165) is 22.4 Å². The zero-order valence-corrected chi connectivity index (χ0v) is 11.1. The SMILES string of the molecule is Cc1cccc(NC(=O)C=Cc2cccnc2)c1C. The summed E-state index contributed by atoms with van der Waals surface area (Å²) in [6.45, 7) is 4.02. The number of rotatable bonds is 3. The van der Waals surface area contributed by atoms with Gasteiger partial charge in [-0.25, -0.2) is 0 Å². The van der Waals surface area contributed by atoms with E-state index < -0.39 is 0 Å². The summed E-state index contributed by atoms with van der Waals surface area (Å²) in [6, 6.07) is 9.59. The quantitative estimate of drug-likeness (QED) is 0.851. The molecule has 0 unspecified atom stereocenters. The van der Waals surface area contributed by atoms with E-state index in [1.807, 2.05) is 44.2 Å². The van der Waals surface area contributed by atoms with Crippen LogP contribution >= 0.6 is 0 Å². The van der Waals surface area contributed by atoms with Crippen molar-refractivity contribution in [1.82, 2.24) is 4.98 Å². The van der Waals surface area contributed by atoms with Crippen molar-refractivity contribution in [1.29, 1.82) is 0 Å². The second-order valence-corrected chi connectivity index (χ2v) is 4.36. The first-order chi connectivity index (χ1) is 9.16. The van der Waals surface area contributed by atoms with Gasteiger partial charge in [0.25, 0.3) is 0 Å². The first kappa shape index (κ1) is 13.0. The Morgan fingerprint density at radius 1 is 1.21 bits per heavy atom. The molecule has 1 aromatic heterocycles. The molecule has 0 aliphatic carbocycles. The number of aromatic nitrogens is 1. The summed E-state index contributed by atoms with van der Waals surface area (Å²) in [7, 11) is 0. The van der Waals surface area contributed by atoms with Crippen molar-refractivity contribution in [3.63, 3.8) is 0 Å². The van der Waals surface area contributed by atoms with Crippen molar-refractivity contribution >= 4 is 17.7 Å². The van der Waals surface area contributed by atoms with Gasteiger partial charge in [-0.2, -0.15) is 0 Å². The summed E-state index contributed by atoms with van der Waals surface area (Å²) >= 11 is 0. The van der Waals surface area contributed by atoms with Gasteiger partial charge in [0, 0.05) is 24.2 Å². The van der Waals surface area contributed by atoms with Crippen LogP contribution in [0.1, 0.15) is 16.7 Å². The maximum Gasteiger partial charge on any atom is 0.248 e. The maximum absolute atomic E-state index is 11.8. The van der Waals surface area contributed by atoms with E-state index >= 15 is 0 Å². The van der Waals surface area contributed by atoms with E-state index in [2.05, 4.69) is 10.3 Å². The minimum atomic E-state index is -0.141. The molecular formula is C16H16N2O. The van der Waals surface area contributed by atoms with Gasteiger partial charge in [-0.15, -0.1) is 0 Å². The summed E-state index contributed by atoms with van der Waals surface area (Å²) in [5.41, 5.74) is 4.00. The van der Waals surface area contributed by atoms with Gasteiger partial charge >= 0.3 is 0 Å². The van der Waals surface area contributed by atoms with E-state index in [0.29, 0.717) is 0 Å². The molecule has 2 rings (SSSR count). The topological polar surface area (TPSA) is 42.0 Å². The highest BCUT2D eigenvalue weighted by Crippen LogP contribution is 2.17. The van der Waals surface area contributed by atoms with Crippen molar-refractivity contribution in [2.75, 3.05) is 5.32 Å². The summed E-state index contributed by atoms with van der Waals surface area (Å²) in [5.74, 6) is -0.141. The number of carbonyl (C=O) groups excluding carboxylic acids is 1. The van der Waals surface area contributed by atoms with E-state index in [1.54, 1.807) is 18.5 Å². The predicted octanol–water partition coefficient (Wildman–Crippen LogP) is 3.35. The highest BCUT2D eigenvalue weighted by molar-refractivity contribution is 6.02. The summed E-state index contributed by atoms with van der Waals surface area (Å²) in [5, 5.41) is 2.88. The molecule has 0 radical (unpaired) electrons. The Bertz CT molecular complexity index is 603. The molecule has 0 spiro atoms. The largest absolute Gasteiger partial charge is 0.322 e. The van der Waals surface area contributed by atoms with Gasteiger partial charge in [0.05, 0.1) is 0 Å². The van der Waals surface area contributed by atoms with Gasteiger partial charge in [-0.1, -0.05) is 18.2 Å². The molecule has 2 aromatic rings. The third-order valence-electron chi connectivity index (χ3n) is 2.97. The number of aryl methyl sites for hydroxylation is 1. The van der Waals surface area contributed by atoms with Gasteiger partial charge in [-0.3, -0.25) is 9.78 Å². The van der Waals surface area contributed by atoms with Crippen LogP contribution < -0.4 is 5.32 Å². The standard InChI is InChI=1S/C16H16N2O/c1-12-5-3-7-15(13(12)2)18-16(19)9-8-14-6-4-10-17-11-14/h3-11H,1-2H3,(H,18,19). The number of carbonyl (C=O) groups is 1. The Hall–Kier alpha value is -2.42. The predicted molar refractivity (Wildman–Crippen MR) is 77.8 cm³/mol. The van der Waals surface area contributed by atoms with Crippen LogP contribution in [0.2, 0.25) is 0 Å². The van der Waals surface area contributed by atoms with E-state index in [-0.39, 0.29) is 5.91 Å². The van der Waals surface area contributed by atoms with Crippen molar-refractivity contribution in [2.24, 2.45) is 0 Å². The number of hydrogen-bond donors (Lipinski definition) is 1. The lowest BCUT2D eigenvalue weighted by atomic mass is 10.1. The van der Waals surface area contributed by atoms with Crippen LogP contribution in [0, 0.1) is 13.8 Å². The Morgan fingerprint density at radius 2 is 2.05 bits per heavy atom. The second kappa shape index (κ2) is 5.96. The van der Waals surface area contributed by atoms with Crippen molar-refractivity contribution < 1.29 is 4.79 Å². The molecule has 96 valence electrons. The van der Waals surface area contributed by atoms with Crippen LogP contribution in [0.15, 0.2) is 48.8 Å². The van der Waals surface area contributed by atoms with Gasteiger partial charge in [-0.05, 0) is 48.7 Å². The van der Waals surface area contributed by atoms with Crippen LogP contribution in [0.25, 0.3) is 6.08 Å². The van der Waals surface area contributed by atoms with Crippen LogP contribution in [0.3, 0.4) is 0 Å². The van der Waals surface area contributed by atoms with Crippen molar-refractivity contribution in [3.05, 3.63) is 65.5 Å². The van der Waals surface area contributed by atoms with Gasteiger partial charge in [0.15, 0.2) is 0 Å². The Balaban J connectivity index is 2.06. The second-order valence-electron chi connectivity index (χ2n) is 4.36. The molecule has 0 saturated carbocycles. The smallest absolute Gasteiger partial charge is 0.248 e. The lowest BCUT2D eigenvalue weighted by molar-refractivity contribution is -0.111. The maximum atomic E-state index is 11.8. The highest BCUT2D eigenvalue weighted by atomic mass is 16.1. The summed E-state index contributed by atoms with van der Waals surface area (Å²) in [4.78, 5) is 15.8. The van der Waals surface area contributed by atoms with Crippen molar-refractivity contribution in [2.45, 2.75) is 13.8 Å². The van der Waals surface area contributed by atoms with Crippen LogP contribution in [-0.4, -0.2) is 10.9 Å². The summed E-state index contributed by atoms with van der Waals surface area (Å²) in [6.07, 6.45) is 6.67. The third kappa shape index (κ3) is 3.52. The third-order valence-corrected chi connectivity index (χ3v) is 2.97. The molecule has 1 aromatic carbocycles. The molecule has 19 heavy (non-hydrogen) atoms. The molecule has 0 aliphatic heterocycles. The van der Waals surface area contributed by atoms with Gasteiger partial charge in [0.1, 0.15) is 0 Å². The Morgan fingerprint density at radius 3 is 2.79 bits per heavy atom. The minimum Gasteiger partial charge on any atom is -0.322 e. The molecule has 0 bridgehead atoms. The number of pyridine rings is 1. The van der Waals surface area contributed by atoms with E-state index in [9.17, 15) is 4.79 Å². The molecule has 1 amide bonds. The number of hydrogen-bond acceptors (Lipinski definition) is 2. The van der Waals surface area contributed by atoms with E-state index in [1.165, 1.54) is 6.08 Å². The number of amides is 1. The minimum absolute atomic E-state index is 0.141. The average molecular weight is 252 g/mol. The molecular weight excluding hydrogens is 236 g/mol. The van der Waals surface area contributed by atoms with Crippen molar-refractivity contribution in [3.8, 4) is 0 Å². The Labute approximate surface area is 113 Å². The molecule has 3 nitrogen and oxygen atoms in total. The van der Waals surface area contributed by atoms with Gasteiger partial charge in [0.2, 0.25) is 5.91 Å². The first-order valence-corrected chi connectivity index (χ1v) is 6.12. The van der Waals surface area contributed by atoms with Gasteiger partial charge < -0.3 is 5.32 Å². The monoisotopic (exact) mass is 252 g/mol. The number of anilines is 1. The number of benzene rings is 1. The van der Waals surface area contributed by atoms with Crippen LogP contribution in [0.4, 0.5) is 5.69 Å². The fourth-order valence-corrected chi connectivity index (χ4v) is 1.71. The highest BCUT2D eigenvalue weighted by Gasteiger charge is 2.02. The molecule has 1 heterocycles. The fourth-order valence-electron chi connectivity index (χ4n) is 1.71. The lowest BCUT2D eigenvalue weighted by Crippen LogP contribution is -2.09. The molecule has 3 heteroatoms. The molecule has 0 fully saturated rings. The zero-order chi connectivity index (χ0) is 13.7. The van der Waals surface area contributed by atoms with Crippen LogP contribution in [0.5, 0.6) is 0 Å². The Kier molecular flexibility index (Phi) is 4.08. The first-order valence-electron chi connectivity index (χ1n) is 6.12. The molecule has 0 saturated heterocycles. The summed E-state index contributed by atoms with van der Waals surface area (Å²) < 4.78 is 0. The average Bonchev–Trinajstić information content (AvgIpc) is 2.43. The normalized spacial score (nSPS) is 10.6.